The van der Waals surface area contributed by atoms with E-state index in [4.69, 9.17) is 0 Å². The van der Waals surface area contributed by atoms with E-state index in [0.717, 1.165) is 18.5 Å². The summed E-state index contributed by atoms with van der Waals surface area (Å²) in [6.07, 6.45) is 3.30. The van der Waals surface area contributed by atoms with E-state index in [2.05, 4.69) is 25.7 Å². The first-order valence-electron chi connectivity index (χ1n) is 9.93. The lowest BCUT2D eigenvalue weighted by Crippen LogP contribution is -2.35. The van der Waals surface area contributed by atoms with E-state index in [1.807, 2.05) is 0 Å². The van der Waals surface area contributed by atoms with Gasteiger partial charge in [-0.1, -0.05) is 12.1 Å². The van der Waals surface area contributed by atoms with Crippen LogP contribution in [0.5, 0.6) is 0 Å². The summed E-state index contributed by atoms with van der Waals surface area (Å²) in [7, 11) is 0. The molecule has 2 amide bonds. The number of amides is 2. The average Bonchev–Trinajstić information content (AvgIpc) is 3.13. The summed E-state index contributed by atoms with van der Waals surface area (Å²) in [5.74, 6) is -1.76. The molecule has 3 N–H and O–H groups in total. The summed E-state index contributed by atoms with van der Waals surface area (Å²) in [4.78, 5) is 44.2. The Morgan fingerprint density at radius 2 is 1.90 bits per heavy atom. The molecule has 2 aromatic heterocycles. The van der Waals surface area contributed by atoms with E-state index in [-0.39, 0.29) is 29.7 Å². The van der Waals surface area contributed by atoms with Crippen LogP contribution in [0.4, 0.5) is 10.2 Å². The number of aryl methyl sites for hydroxylation is 2. The Balaban J connectivity index is 1.50. The maximum Gasteiger partial charge on any atom is 0.314 e. The van der Waals surface area contributed by atoms with Gasteiger partial charge < -0.3 is 10.6 Å². The third-order valence-electron chi connectivity index (χ3n) is 5.03. The second-order valence-corrected chi connectivity index (χ2v) is 7.37. The highest BCUT2D eigenvalue weighted by Gasteiger charge is 2.20. The van der Waals surface area contributed by atoms with Crippen molar-refractivity contribution in [3.63, 3.8) is 0 Å². The second kappa shape index (κ2) is 8.50. The molecule has 0 spiro atoms. The zero-order valence-electron chi connectivity index (χ0n) is 16.9. The molecule has 0 saturated carbocycles. The van der Waals surface area contributed by atoms with Crippen LogP contribution >= 0.6 is 0 Å². The Hall–Kier alpha value is -3.82. The fourth-order valence-corrected chi connectivity index (χ4v) is 3.48. The normalized spacial score (nSPS) is 12.8. The Labute approximate surface area is 176 Å². The van der Waals surface area contributed by atoms with Crippen molar-refractivity contribution in [3.8, 4) is 5.95 Å². The number of aromatic amines is 1. The van der Waals surface area contributed by atoms with Crippen molar-refractivity contribution in [3.05, 3.63) is 69.0 Å². The lowest BCUT2D eigenvalue weighted by Gasteiger charge is -2.15. The predicted molar refractivity (Wildman–Crippen MR) is 110 cm³/mol. The Bertz CT molecular complexity index is 1200. The molecule has 1 aliphatic rings. The molecule has 1 aromatic carbocycles. The summed E-state index contributed by atoms with van der Waals surface area (Å²) in [5, 5.41) is 9.27. The van der Waals surface area contributed by atoms with Gasteiger partial charge >= 0.3 is 11.8 Å². The zero-order valence-corrected chi connectivity index (χ0v) is 16.9. The van der Waals surface area contributed by atoms with Crippen LogP contribution in [-0.2, 0) is 29.0 Å². The van der Waals surface area contributed by atoms with Crippen LogP contribution in [-0.4, -0.2) is 31.6 Å². The fourth-order valence-electron chi connectivity index (χ4n) is 3.48. The van der Waals surface area contributed by atoms with E-state index in [1.54, 1.807) is 13.0 Å². The largest absolute Gasteiger partial charge is 0.344 e. The summed E-state index contributed by atoms with van der Waals surface area (Å²) in [6, 6.07) is 7.16. The van der Waals surface area contributed by atoms with E-state index in [9.17, 15) is 18.8 Å². The number of aromatic nitrogens is 4. The number of hydrogen-bond donors (Lipinski definition) is 3. The van der Waals surface area contributed by atoms with Gasteiger partial charge in [-0.05, 0) is 50.3 Å². The Morgan fingerprint density at radius 1 is 1.16 bits per heavy atom. The zero-order chi connectivity index (χ0) is 22.0. The van der Waals surface area contributed by atoms with E-state index >= 15 is 0 Å². The number of anilines is 1. The number of carbonyl (C=O) groups excluding carboxylic acids is 2. The van der Waals surface area contributed by atoms with Crippen molar-refractivity contribution < 1.29 is 14.0 Å². The number of fused-ring (bicyclic) bond motifs is 1. The minimum Gasteiger partial charge on any atom is -0.344 e. The summed E-state index contributed by atoms with van der Waals surface area (Å²) < 4.78 is 14.3. The first-order valence-corrected chi connectivity index (χ1v) is 9.93. The molecule has 3 aromatic rings. The number of hydrogen-bond acceptors (Lipinski definition) is 5. The number of nitrogens with zero attached hydrogens (tertiary/aromatic N) is 3. The fraction of sp³-hybridized carbons (Fsp3) is 0.286. The van der Waals surface area contributed by atoms with Gasteiger partial charge in [-0.3, -0.25) is 19.4 Å². The first kappa shape index (κ1) is 20.5. The van der Waals surface area contributed by atoms with Gasteiger partial charge in [0.05, 0.1) is 11.4 Å². The highest BCUT2D eigenvalue weighted by atomic mass is 19.1. The molecule has 0 atom stereocenters. The van der Waals surface area contributed by atoms with Gasteiger partial charge in [0, 0.05) is 18.2 Å². The maximum atomic E-state index is 13.0. The van der Waals surface area contributed by atoms with Gasteiger partial charge in [0.15, 0.2) is 0 Å². The molecule has 1 aliphatic carbocycles. The molecule has 0 radical (unpaired) electrons. The van der Waals surface area contributed by atoms with Crippen molar-refractivity contribution in [1.29, 1.82) is 0 Å². The highest BCUT2D eigenvalue weighted by Crippen LogP contribution is 2.19. The van der Waals surface area contributed by atoms with E-state index in [0.29, 0.717) is 29.7 Å². The number of benzene rings is 1. The molecule has 0 fully saturated rings. The van der Waals surface area contributed by atoms with Crippen molar-refractivity contribution in [2.45, 2.75) is 39.2 Å². The van der Waals surface area contributed by atoms with Crippen LogP contribution in [0.1, 0.15) is 35.4 Å². The third kappa shape index (κ3) is 4.52. The quantitative estimate of drug-likeness (QED) is 0.549. The molecule has 160 valence electrons. The second-order valence-electron chi connectivity index (χ2n) is 7.37. The molecule has 0 saturated heterocycles. The van der Waals surface area contributed by atoms with Crippen LogP contribution in [0.15, 0.2) is 35.1 Å². The number of nitrogens with one attached hydrogen (secondary N) is 3. The molecule has 0 aliphatic heterocycles. The minimum atomic E-state index is -0.899. The molecule has 4 rings (SSSR count). The van der Waals surface area contributed by atoms with Gasteiger partial charge in [-0.15, -0.1) is 0 Å². The smallest absolute Gasteiger partial charge is 0.314 e. The molecule has 2 heterocycles. The monoisotopic (exact) mass is 424 g/mol. The van der Waals surface area contributed by atoms with Crippen molar-refractivity contribution in [2.75, 3.05) is 5.32 Å². The molecule has 0 bridgehead atoms. The van der Waals surface area contributed by atoms with Gasteiger partial charge in [-0.25, -0.2) is 9.37 Å². The van der Waals surface area contributed by atoms with Crippen LogP contribution in [0.2, 0.25) is 0 Å². The van der Waals surface area contributed by atoms with Crippen LogP contribution in [0.3, 0.4) is 0 Å². The van der Waals surface area contributed by atoms with Gasteiger partial charge in [0.1, 0.15) is 11.6 Å². The average molecular weight is 424 g/mol. The molecular formula is C21H21FN6O3. The summed E-state index contributed by atoms with van der Waals surface area (Å²) >= 11 is 0. The molecule has 31 heavy (non-hydrogen) atoms. The highest BCUT2D eigenvalue weighted by molar-refractivity contribution is 6.39. The lowest BCUT2D eigenvalue weighted by molar-refractivity contribution is -0.136. The Morgan fingerprint density at radius 3 is 2.68 bits per heavy atom. The molecule has 0 unspecified atom stereocenters. The minimum absolute atomic E-state index is 0.0739. The predicted octanol–water partition coefficient (Wildman–Crippen LogP) is 1.54. The molecular weight excluding hydrogens is 403 g/mol. The van der Waals surface area contributed by atoms with Gasteiger partial charge in [0.2, 0.25) is 5.95 Å². The first-order chi connectivity index (χ1) is 14.9. The van der Waals surface area contributed by atoms with Crippen LogP contribution in [0.25, 0.3) is 5.95 Å². The number of carbonyl (C=O) groups is 2. The van der Waals surface area contributed by atoms with E-state index in [1.165, 1.54) is 28.9 Å². The maximum absolute atomic E-state index is 13.0. The Kier molecular flexibility index (Phi) is 5.61. The number of rotatable bonds is 4. The van der Waals surface area contributed by atoms with E-state index < -0.39 is 11.8 Å². The SMILES string of the molecule is Cc1cc(NC(=O)C(=O)NCc2ccc(F)cc2)n(-c2nc3c(c(=O)[nH]2)CCCC3)n1. The molecule has 9 nitrogen and oxygen atoms in total. The van der Waals surface area contributed by atoms with Crippen molar-refractivity contribution in [2.24, 2.45) is 0 Å². The number of H-pyrrole nitrogens is 1. The topological polar surface area (TPSA) is 122 Å². The van der Waals surface area contributed by atoms with Crippen molar-refractivity contribution >= 4 is 17.6 Å². The van der Waals surface area contributed by atoms with Crippen LogP contribution in [0, 0.1) is 12.7 Å². The van der Waals surface area contributed by atoms with Gasteiger partial charge in [0.25, 0.3) is 5.56 Å². The summed E-state index contributed by atoms with van der Waals surface area (Å²) in [5.41, 5.74) is 2.42. The van der Waals surface area contributed by atoms with Gasteiger partial charge in [-0.2, -0.15) is 9.78 Å². The third-order valence-corrected chi connectivity index (χ3v) is 5.03. The standard InChI is InChI=1S/C21H21FN6O3/c1-12-10-17(25-20(31)19(30)23-11-13-6-8-14(22)9-7-13)28(27-12)21-24-16-5-3-2-4-15(16)18(29)26-21/h6-10H,2-5,11H2,1H3,(H,23,30)(H,25,31)(H,24,26,29). The van der Waals surface area contributed by atoms with Crippen LogP contribution < -0.4 is 16.2 Å². The number of halogens is 1. The summed E-state index contributed by atoms with van der Waals surface area (Å²) in [6.45, 7) is 1.79. The lowest BCUT2D eigenvalue weighted by atomic mass is 9.97. The molecule has 10 heteroatoms. The van der Waals surface area contributed by atoms with Crippen molar-refractivity contribution in [1.82, 2.24) is 25.1 Å².